The Morgan fingerprint density at radius 2 is 1.74 bits per heavy atom. The van der Waals surface area contributed by atoms with Crippen molar-refractivity contribution in [2.45, 2.75) is 23.4 Å². The first-order valence-corrected chi connectivity index (χ1v) is 12.2. The lowest BCUT2D eigenvalue weighted by atomic mass is 10.1. The van der Waals surface area contributed by atoms with Gasteiger partial charge in [-0.2, -0.15) is 0 Å². The van der Waals surface area contributed by atoms with Crippen molar-refractivity contribution in [3.8, 4) is 0 Å². The highest BCUT2D eigenvalue weighted by molar-refractivity contribution is 8.00. The van der Waals surface area contributed by atoms with E-state index in [2.05, 4.69) is 17.2 Å². The smallest absolute Gasteiger partial charge is 0.270 e. The molecule has 158 valence electrons. The van der Waals surface area contributed by atoms with Crippen LogP contribution < -0.4 is 5.32 Å². The number of benzene rings is 3. The van der Waals surface area contributed by atoms with E-state index in [9.17, 15) is 13.2 Å². The van der Waals surface area contributed by atoms with Crippen LogP contribution in [0.4, 0.5) is 5.69 Å². The van der Waals surface area contributed by atoms with E-state index in [1.807, 2.05) is 24.3 Å². The molecule has 0 fully saturated rings. The molecule has 3 aromatic carbocycles. The van der Waals surface area contributed by atoms with Crippen LogP contribution in [-0.4, -0.2) is 29.0 Å². The lowest BCUT2D eigenvalue weighted by Crippen LogP contribution is -2.17. The van der Waals surface area contributed by atoms with Crippen LogP contribution in [0, 0.1) is 0 Å². The van der Waals surface area contributed by atoms with Crippen molar-refractivity contribution >= 4 is 44.4 Å². The fraction of sp³-hybridized carbons (Fsp3) is 0.130. The van der Waals surface area contributed by atoms with Crippen molar-refractivity contribution in [3.05, 3.63) is 84.4 Å². The van der Waals surface area contributed by atoms with E-state index in [4.69, 9.17) is 0 Å². The molecule has 1 heterocycles. The Morgan fingerprint density at radius 3 is 2.52 bits per heavy atom. The first-order chi connectivity index (χ1) is 15.0. The van der Waals surface area contributed by atoms with E-state index < -0.39 is 10.0 Å². The molecule has 0 saturated carbocycles. The fourth-order valence-electron chi connectivity index (χ4n) is 3.20. The third-order valence-electron chi connectivity index (χ3n) is 4.72. The normalized spacial score (nSPS) is 11.5. The predicted molar refractivity (Wildman–Crippen MR) is 124 cm³/mol. The minimum atomic E-state index is -3.87. The second-order valence-corrected chi connectivity index (χ2v) is 9.59. The topological polar surface area (TPSA) is 81.1 Å². The third kappa shape index (κ3) is 4.50. The first-order valence-electron chi connectivity index (χ1n) is 9.78. The molecule has 4 aromatic rings. The zero-order valence-electron chi connectivity index (χ0n) is 16.9. The van der Waals surface area contributed by atoms with Gasteiger partial charge in [0.15, 0.2) is 5.16 Å². The second-order valence-electron chi connectivity index (χ2n) is 6.86. The summed E-state index contributed by atoms with van der Waals surface area (Å²) in [4.78, 5) is 17.2. The average Bonchev–Trinajstić information content (AvgIpc) is 3.17. The Labute approximate surface area is 185 Å². The lowest BCUT2D eigenvalue weighted by molar-refractivity contribution is -0.113. The van der Waals surface area contributed by atoms with E-state index in [1.165, 1.54) is 3.97 Å². The standard InChI is InChI=1S/C23H21N3O3S2/c1-2-17-9-8-10-18(15-17)24-22(27)16-30-23-25-20-13-6-7-14-21(20)26(23)31(28,29)19-11-4-3-5-12-19/h3-15H,2,16H2,1H3,(H,24,27). The molecule has 0 spiro atoms. The maximum absolute atomic E-state index is 13.3. The highest BCUT2D eigenvalue weighted by Gasteiger charge is 2.24. The molecule has 6 nitrogen and oxygen atoms in total. The Bertz CT molecular complexity index is 1330. The molecule has 1 amide bonds. The average molecular weight is 452 g/mol. The summed E-state index contributed by atoms with van der Waals surface area (Å²) in [6, 6.07) is 22.9. The number of anilines is 1. The van der Waals surface area contributed by atoms with Crippen LogP contribution in [0.15, 0.2) is 88.9 Å². The van der Waals surface area contributed by atoms with Gasteiger partial charge in [-0.15, -0.1) is 0 Å². The monoisotopic (exact) mass is 451 g/mol. The zero-order valence-corrected chi connectivity index (χ0v) is 18.5. The minimum absolute atomic E-state index is 0.0317. The number of nitrogens with zero attached hydrogens (tertiary/aromatic N) is 2. The van der Waals surface area contributed by atoms with Gasteiger partial charge >= 0.3 is 0 Å². The Kier molecular flexibility index (Phi) is 6.11. The number of hydrogen-bond acceptors (Lipinski definition) is 5. The number of rotatable bonds is 7. The van der Waals surface area contributed by atoms with Crippen molar-refractivity contribution < 1.29 is 13.2 Å². The molecule has 31 heavy (non-hydrogen) atoms. The van der Waals surface area contributed by atoms with Gasteiger partial charge in [0, 0.05) is 5.69 Å². The molecule has 4 rings (SSSR count). The molecular weight excluding hydrogens is 430 g/mol. The zero-order chi connectivity index (χ0) is 21.8. The Balaban J connectivity index is 1.62. The van der Waals surface area contributed by atoms with E-state index in [1.54, 1.807) is 54.6 Å². The number of fused-ring (bicyclic) bond motifs is 1. The Hall–Kier alpha value is -3.10. The first kappa shape index (κ1) is 21.1. The molecule has 0 bridgehead atoms. The number of imidazole rings is 1. The third-order valence-corrected chi connectivity index (χ3v) is 7.50. The van der Waals surface area contributed by atoms with Crippen LogP contribution in [0.1, 0.15) is 12.5 Å². The summed E-state index contributed by atoms with van der Waals surface area (Å²) in [5.74, 6) is -0.196. The number of aromatic nitrogens is 2. The van der Waals surface area contributed by atoms with Crippen molar-refractivity contribution in [3.63, 3.8) is 0 Å². The van der Waals surface area contributed by atoms with Crippen molar-refractivity contribution in [2.75, 3.05) is 11.1 Å². The van der Waals surface area contributed by atoms with E-state index in [0.29, 0.717) is 11.0 Å². The van der Waals surface area contributed by atoms with Crippen LogP contribution >= 0.6 is 11.8 Å². The number of aryl methyl sites for hydroxylation is 1. The van der Waals surface area contributed by atoms with Crippen LogP contribution in [0.3, 0.4) is 0 Å². The fourth-order valence-corrected chi connectivity index (χ4v) is 5.73. The van der Waals surface area contributed by atoms with Crippen LogP contribution in [-0.2, 0) is 21.2 Å². The summed E-state index contributed by atoms with van der Waals surface area (Å²) in [5, 5.41) is 3.12. The summed E-state index contributed by atoms with van der Waals surface area (Å²) >= 11 is 1.09. The van der Waals surface area contributed by atoms with Crippen LogP contribution in [0.25, 0.3) is 11.0 Å². The van der Waals surface area contributed by atoms with Crippen LogP contribution in [0.5, 0.6) is 0 Å². The number of thioether (sulfide) groups is 1. The number of carbonyl (C=O) groups excluding carboxylic acids is 1. The van der Waals surface area contributed by atoms with Gasteiger partial charge in [-0.1, -0.05) is 61.2 Å². The molecule has 0 saturated heterocycles. The lowest BCUT2D eigenvalue weighted by Gasteiger charge is -2.10. The van der Waals surface area contributed by atoms with Crippen LogP contribution in [0.2, 0.25) is 0 Å². The van der Waals surface area contributed by atoms with E-state index in [0.717, 1.165) is 29.4 Å². The summed E-state index contributed by atoms with van der Waals surface area (Å²) in [7, 11) is -3.87. The molecule has 0 aliphatic carbocycles. The molecule has 8 heteroatoms. The predicted octanol–water partition coefficient (Wildman–Crippen LogP) is 4.57. The number of hydrogen-bond donors (Lipinski definition) is 1. The summed E-state index contributed by atoms with van der Waals surface area (Å²) in [5.41, 5.74) is 2.88. The van der Waals surface area contributed by atoms with Gasteiger partial charge in [0.2, 0.25) is 5.91 Å². The number of amides is 1. The second kappa shape index (κ2) is 8.95. The number of para-hydroxylation sites is 2. The van der Waals surface area contributed by atoms with Gasteiger partial charge in [-0.05, 0) is 48.4 Å². The van der Waals surface area contributed by atoms with Gasteiger partial charge in [-0.25, -0.2) is 17.4 Å². The van der Waals surface area contributed by atoms with Gasteiger partial charge in [0.05, 0.1) is 21.7 Å². The summed E-state index contributed by atoms with van der Waals surface area (Å²) < 4.78 is 27.9. The van der Waals surface area contributed by atoms with Gasteiger partial charge in [0.1, 0.15) is 0 Å². The van der Waals surface area contributed by atoms with Crippen molar-refractivity contribution in [1.82, 2.24) is 8.96 Å². The molecule has 0 unspecified atom stereocenters. The number of nitrogens with one attached hydrogen (secondary N) is 1. The van der Waals surface area contributed by atoms with E-state index >= 15 is 0 Å². The largest absolute Gasteiger partial charge is 0.325 e. The maximum atomic E-state index is 13.3. The maximum Gasteiger partial charge on any atom is 0.270 e. The molecule has 0 aliphatic heterocycles. The molecule has 0 atom stereocenters. The van der Waals surface area contributed by atoms with E-state index in [-0.39, 0.29) is 21.7 Å². The quantitative estimate of drug-likeness (QED) is 0.417. The highest BCUT2D eigenvalue weighted by Crippen LogP contribution is 2.29. The van der Waals surface area contributed by atoms with Gasteiger partial charge in [-0.3, -0.25) is 4.79 Å². The Morgan fingerprint density at radius 1 is 1.00 bits per heavy atom. The minimum Gasteiger partial charge on any atom is -0.325 e. The SMILES string of the molecule is CCc1cccc(NC(=O)CSc2nc3ccccc3n2S(=O)(=O)c2ccccc2)c1. The molecule has 1 N–H and O–H groups in total. The summed E-state index contributed by atoms with van der Waals surface area (Å²) in [6.45, 7) is 2.05. The summed E-state index contributed by atoms with van der Waals surface area (Å²) in [6.07, 6.45) is 0.875. The molecule has 0 radical (unpaired) electrons. The van der Waals surface area contributed by atoms with Gasteiger partial charge < -0.3 is 5.32 Å². The molecular formula is C23H21N3O3S2. The van der Waals surface area contributed by atoms with Crippen molar-refractivity contribution in [2.24, 2.45) is 0 Å². The molecule has 0 aliphatic rings. The molecule has 1 aromatic heterocycles. The number of carbonyl (C=O) groups is 1. The van der Waals surface area contributed by atoms with Crippen molar-refractivity contribution in [1.29, 1.82) is 0 Å². The highest BCUT2D eigenvalue weighted by atomic mass is 32.2. The van der Waals surface area contributed by atoms with Gasteiger partial charge in [0.25, 0.3) is 10.0 Å².